The summed E-state index contributed by atoms with van der Waals surface area (Å²) in [4.78, 5) is 3.98. The zero-order valence-electron chi connectivity index (χ0n) is 10.9. The Morgan fingerprint density at radius 1 is 1.45 bits per heavy atom. The van der Waals surface area contributed by atoms with Crippen LogP contribution in [0.25, 0.3) is 0 Å². The molecule has 0 aliphatic rings. The fourth-order valence-corrected chi connectivity index (χ4v) is 2.28. The fraction of sp³-hybridized carbons (Fsp3) is 0.214. The first-order valence-electron chi connectivity index (χ1n) is 6.04. The van der Waals surface area contributed by atoms with Gasteiger partial charge in [-0.15, -0.1) is 0 Å². The van der Waals surface area contributed by atoms with Gasteiger partial charge in [0.05, 0.1) is 19.3 Å². The van der Waals surface area contributed by atoms with Crippen LogP contribution in [0.5, 0.6) is 5.75 Å². The van der Waals surface area contributed by atoms with Crippen molar-refractivity contribution < 1.29 is 9.13 Å². The third-order valence-corrected chi connectivity index (χ3v) is 3.44. The highest BCUT2D eigenvalue weighted by Crippen LogP contribution is 2.29. The summed E-state index contributed by atoms with van der Waals surface area (Å²) in [6.45, 7) is 0. The molecular weight excluding hydrogens is 281 g/mol. The van der Waals surface area contributed by atoms with E-state index in [9.17, 15) is 4.39 Å². The zero-order chi connectivity index (χ0) is 14.5. The molecule has 0 spiro atoms. The van der Waals surface area contributed by atoms with Crippen LogP contribution in [0.1, 0.15) is 17.2 Å². The molecule has 106 valence electrons. The van der Waals surface area contributed by atoms with E-state index in [-0.39, 0.29) is 11.9 Å². The Bertz CT molecular complexity index is 574. The molecule has 20 heavy (non-hydrogen) atoms. The topological polar surface area (TPSA) is 60.2 Å². The van der Waals surface area contributed by atoms with Gasteiger partial charge in [0.25, 0.3) is 0 Å². The van der Waals surface area contributed by atoms with E-state index in [2.05, 4.69) is 10.4 Å². The Hall–Kier alpha value is -1.69. The van der Waals surface area contributed by atoms with E-state index in [1.807, 2.05) is 0 Å². The molecule has 2 rings (SSSR count). The fourth-order valence-electron chi connectivity index (χ4n) is 2.04. The van der Waals surface area contributed by atoms with Crippen LogP contribution in [0.3, 0.4) is 0 Å². The number of nitrogens with two attached hydrogens (primary N) is 1. The molecule has 4 nitrogen and oxygen atoms in total. The smallest absolute Gasteiger partial charge is 0.141 e. The van der Waals surface area contributed by atoms with Gasteiger partial charge in [-0.05, 0) is 24.6 Å². The number of ether oxygens (including phenoxy) is 1. The summed E-state index contributed by atoms with van der Waals surface area (Å²) in [5.74, 6) is 5.82. The molecule has 1 aromatic heterocycles. The van der Waals surface area contributed by atoms with E-state index in [0.717, 1.165) is 5.56 Å². The summed E-state index contributed by atoms with van der Waals surface area (Å²) in [5.41, 5.74) is 3.87. The molecule has 0 aliphatic carbocycles. The molecular formula is C14H15ClFN3O. The third kappa shape index (κ3) is 3.07. The molecule has 0 aliphatic heterocycles. The molecule has 3 N–H and O–H groups in total. The zero-order valence-corrected chi connectivity index (χ0v) is 11.7. The number of nitrogens with zero attached hydrogens (tertiary/aromatic N) is 1. The Labute approximate surface area is 121 Å². The predicted octanol–water partition coefficient (Wildman–Crippen LogP) is 2.63. The summed E-state index contributed by atoms with van der Waals surface area (Å²) in [6, 6.07) is 6.04. The number of benzene rings is 1. The standard InChI is InChI=1S/C14H15ClFN3O/c1-20-14-8-18-6-5-9(14)13(19-17)7-10-11(15)3-2-4-12(10)16/h2-6,8,13,19H,7,17H2,1H3. The molecule has 0 bridgehead atoms. The van der Waals surface area contributed by atoms with Gasteiger partial charge in [0.1, 0.15) is 11.6 Å². The Morgan fingerprint density at radius 3 is 2.90 bits per heavy atom. The van der Waals surface area contributed by atoms with E-state index in [4.69, 9.17) is 22.2 Å². The number of hydrogen-bond acceptors (Lipinski definition) is 4. The first-order chi connectivity index (χ1) is 9.67. The summed E-state index contributed by atoms with van der Waals surface area (Å²) >= 11 is 6.04. The minimum Gasteiger partial charge on any atom is -0.495 e. The number of rotatable bonds is 5. The molecule has 0 radical (unpaired) electrons. The van der Waals surface area contributed by atoms with Crippen molar-refractivity contribution in [2.75, 3.05) is 7.11 Å². The minimum absolute atomic E-state index is 0.308. The first-order valence-corrected chi connectivity index (χ1v) is 6.42. The highest BCUT2D eigenvalue weighted by Gasteiger charge is 2.18. The monoisotopic (exact) mass is 295 g/mol. The van der Waals surface area contributed by atoms with Crippen LogP contribution in [-0.2, 0) is 6.42 Å². The highest BCUT2D eigenvalue weighted by molar-refractivity contribution is 6.31. The molecule has 1 heterocycles. The van der Waals surface area contributed by atoms with E-state index in [1.165, 1.54) is 6.07 Å². The molecule has 0 amide bonds. The highest BCUT2D eigenvalue weighted by atomic mass is 35.5. The average Bonchev–Trinajstić information content (AvgIpc) is 2.47. The maximum atomic E-state index is 13.8. The van der Waals surface area contributed by atoms with Crippen molar-refractivity contribution >= 4 is 11.6 Å². The van der Waals surface area contributed by atoms with Gasteiger partial charge in [0.2, 0.25) is 0 Å². The number of halogens is 2. The normalized spacial score (nSPS) is 12.2. The molecule has 0 saturated heterocycles. The van der Waals surface area contributed by atoms with Crippen LogP contribution in [0.4, 0.5) is 4.39 Å². The van der Waals surface area contributed by atoms with Gasteiger partial charge in [-0.25, -0.2) is 4.39 Å². The van der Waals surface area contributed by atoms with Gasteiger partial charge in [0.15, 0.2) is 0 Å². The van der Waals surface area contributed by atoms with E-state index < -0.39 is 0 Å². The molecule has 1 unspecified atom stereocenters. The van der Waals surface area contributed by atoms with Gasteiger partial charge >= 0.3 is 0 Å². The van der Waals surface area contributed by atoms with Crippen molar-refractivity contribution in [3.05, 3.63) is 58.6 Å². The molecule has 0 fully saturated rings. The lowest BCUT2D eigenvalue weighted by atomic mass is 9.99. The Kier molecular flexibility index (Phi) is 4.89. The van der Waals surface area contributed by atoms with Crippen molar-refractivity contribution in [2.24, 2.45) is 5.84 Å². The second kappa shape index (κ2) is 6.65. The van der Waals surface area contributed by atoms with Crippen molar-refractivity contribution in [3.63, 3.8) is 0 Å². The predicted molar refractivity (Wildman–Crippen MR) is 76.0 cm³/mol. The van der Waals surface area contributed by atoms with Crippen molar-refractivity contribution in [1.29, 1.82) is 0 Å². The largest absolute Gasteiger partial charge is 0.495 e. The van der Waals surface area contributed by atoms with Crippen LogP contribution in [0.2, 0.25) is 5.02 Å². The summed E-state index contributed by atoms with van der Waals surface area (Å²) in [6.07, 6.45) is 3.52. The number of hydrazine groups is 1. The van der Waals surface area contributed by atoms with Gasteiger partial charge in [0, 0.05) is 22.3 Å². The molecule has 1 aromatic carbocycles. The van der Waals surface area contributed by atoms with Gasteiger partial charge < -0.3 is 4.74 Å². The van der Waals surface area contributed by atoms with Crippen molar-refractivity contribution in [1.82, 2.24) is 10.4 Å². The maximum Gasteiger partial charge on any atom is 0.141 e. The SMILES string of the molecule is COc1cnccc1C(Cc1c(F)cccc1Cl)NN. The molecule has 6 heteroatoms. The van der Waals surface area contributed by atoms with Gasteiger partial charge in [-0.1, -0.05) is 17.7 Å². The summed E-state index contributed by atoms with van der Waals surface area (Å²) in [5, 5.41) is 0.373. The average molecular weight is 296 g/mol. The molecule has 0 saturated carbocycles. The quantitative estimate of drug-likeness (QED) is 0.657. The summed E-state index contributed by atoms with van der Waals surface area (Å²) < 4.78 is 19.1. The summed E-state index contributed by atoms with van der Waals surface area (Å²) in [7, 11) is 1.55. The number of methoxy groups -OCH3 is 1. The van der Waals surface area contributed by atoms with Crippen molar-refractivity contribution in [3.8, 4) is 5.75 Å². The number of hydrogen-bond donors (Lipinski definition) is 2. The minimum atomic E-state index is -0.356. The van der Waals surface area contributed by atoms with Crippen molar-refractivity contribution in [2.45, 2.75) is 12.5 Å². The second-order valence-corrected chi connectivity index (χ2v) is 4.65. The van der Waals surface area contributed by atoms with E-state index >= 15 is 0 Å². The first kappa shape index (κ1) is 14.7. The lowest BCUT2D eigenvalue weighted by Crippen LogP contribution is -2.30. The van der Waals surface area contributed by atoms with Crippen LogP contribution < -0.4 is 16.0 Å². The maximum absolute atomic E-state index is 13.8. The van der Waals surface area contributed by atoms with Crippen LogP contribution in [-0.4, -0.2) is 12.1 Å². The number of nitrogens with one attached hydrogen (secondary N) is 1. The van der Waals surface area contributed by atoms with E-state index in [1.54, 1.807) is 37.7 Å². The second-order valence-electron chi connectivity index (χ2n) is 4.24. The van der Waals surface area contributed by atoms with Crippen LogP contribution >= 0.6 is 11.6 Å². The lowest BCUT2D eigenvalue weighted by molar-refractivity contribution is 0.396. The number of pyridine rings is 1. The lowest BCUT2D eigenvalue weighted by Gasteiger charge is -2.19. The molecule has 2 aromatic rings. The molecule has 1 atom stereocenters. The Balaban J connectivity index is 2.34. The third-order valence-electron chi connectivity index (χ3n) is 3.08. The van der Waals surface area contributed by atoms with Crippen LogP contribution in [0, 0.1) is 5.82 Å². The van der Waals surface area contributed by atoms with Crippen LogP contribution in [0.15, 0.2) is 36.7 Å². The van der Waals surface area contributed by atoms with Gasteiger partial charge in [-0.2, -0.15) is 0 Å². The Morgan fingerprint density at radius 2 is 2.25 bits per heavy atom. The van der Waals surface area contributed by atoms with E-state index in [0.29, 0.717) is 22.8 Å². The van der Waals surface area contributed by atoms with Gasteiger partial charge in [-0.3, -0.25) is 16.3 Å². The number of aromatic nitrogens is 1.